The van der Waals surface area contributed by atoms with Gasteiger partial charge in [0.05, 0.1) is 6.04 Å². The van der Waals surface area contributed by atoms with Crippen molar-refractivity contribution in [2.24, 2.45) is 5.73 Å². The van der Waals surface area contributed by atoms with Crippen LogP contribution in [0.1, 0.15) is 36.9 Å². The second-order valence-corrected chi connectivity index (χ2v) is 6.64. The van der Waals surface area contributed by atoms with Crippen molar-refractivity contribution >= 4 is 11.3 Å². The van der Waals surface area contributed by atoms with Gasteiger partial charge in [0, 0.05) is 24.2 Å². The summed E-state index contributed by atoms with van der Waals surface area (Å²) in [4.78, 5) is 2.38. The zero-order chi connectivity index (χ0) is 14.8. The van der Waals surface area contributed by atoms with E-state index < -0.39 is 0 Å². The summed E-state index contributed by atoms with van der Waals surface area (Å²) in [5, 5.41) is 4.25. The summed E-state index contributed by atoms with van der Waals surface area (Å²) in [6.07, 6.45) is 2.36. The lowest BCUT2D eigenvalue weighted by Gasteiger charge is -2.35. The summed E-state index contributed by atoms with van der Waals surface area (Å²) >= 11 is 1.70. The van der Waals surface area contributed by atoms with Gasteiger partial charge < -0.3 is 5.73 Å². The molecule has 1 fully saturated rings. The summed E-state index contributed by atoms with van der Waals surface area (Å²) < 4.78 is 14.2. The van der Waals surface area contributed by atoms with Gasteiger partial charge in [-0.05, 0) is 48.2 Å². The van der Waals surface area contributed by atoms with E-state index in [2.05, 4.69) is 21.7 Å². The maximum absolute atomic E-state index is 14.2. The third-order valence-electron chi connectivity index (χ3n) is 4.04. The fraction of sp³-hybridized carbons (Fsp3) is 0.412. The van der Waals surface area contributed by atoms with E-state index in [4.69, 9.17) is 5.73 Å². The van der Waals surface area contributed by atoms with Crippen molar-refractivity contribution in [1.82, 2.24) is 4.90 Å². The van der Waals surface area contributed by atoms with Gasteiger partial charge in [-0.3, -0.25) is 4.90 Å². The first-order chi connectivity index (χ1) is 10.2. The number of nitrogens with two attached hydrogens (primary N) is 1. The van der Waals surface area contributed by atoms with Gasteiger partial charge in [0.1, 0.15) is 5.82 Å². The first-order valence-electron chi connectivity index (χ1n) is 7.43. The molecule has 3 rings (SSSR count). The van der Waals surface area contributed by atoms with E-state index in [-0.39, 0.29) is 17.9 Å². The Morgan fingerprint density at radius 1 is 1.33 bits per heavy atom. The molecule has 2 atom stereocenters. The smallest absolute Gasteiger partial charge is 0.128 e. The summed E-state index contributed by atoms with van der Waals surface area (Å²) in [6.45, 7) is 2.81. The topological polar surface area (TPSA) is 29.3 Å². The Bertz CT molecular complexity index is 578. The van der Waals surface area contributed by atoms with Crippen molar-refractivity contribution in [2.45, 2.75) is 44.4 Å². The predicted octanol–water partition coefficient (Wildman–Crippen LogP) is 3.94. The van der Waals surface area contributed by atoms with Gasteiger partial charge in [0.25, 0.3) is 0 Å². The molecular formula is C17H21FN2S. The van der Waals surface area contributed by atoms with E-state index in [1.807, 2.05) is 19.1 Å². The second kappa shape index (κ2) is 6.26. The van der Waals surface area contributed by atoms with Crippen molar-refractivity contribution in [3.05, 3.63) is 58.0 Å². The SMILES string of the molecule is CC(N)C(c1ccccc1F)N(Cc1ccsc1)C1CC1. The zero-order valence-corrected chi connectivity index (χ0v) is 13.0. The van der Waals surface area contributed by atoms with Crippen LogP contribution in [0.5, 0.6) is 0 Å². The number of benzene rings is 1. The van der Waals surface area contributed by atoms with Crippen molar-refractivity contribution in [3.8, 4) is 0 Å². The summed E-state index contributed by atoms with van der Waals surface area (Å²) in [5.74, 6) is -0.157. The molecule has 4 heteroatoms. The molecule has 0 radical (unpaired) electrons. The van der Waals surface area contributed by atoms with Crippen LogP contribution in [0.4, 0.5) is 4.39 Å². The molecule has 1 aliphatic carbocycles. The molecule has 1 aliphatic rings. The van der Waals surface area contributed by atoms with Crippen LogP contribution in [0.3, 0.4) is 0 Å². The van der Waals surface area contributed by atoms with Crippen molar-refractivity contribution in [2.75, 3.05) is 0 Å². The van der Waals surface area contributed by atoms with Gasteiger partial charge in [-0.15, -0.1) is 0 Å². The van der Waals surface area contributed by atoms with Crippen LogP contribution in [0, 0.1) is 5.82 Å². The van der Waals surface area contributed by atoms with Crippen molar-refractivity contribution in [1.29, 1.82) is 0 Å². The first kappa shape index (κ1) is 14.7. The largest absolute Gasteiger partial charge is 0.326 e. The third-order valence-corrected chi connectivity index (χ3v) is 4.77. The number of hydrogen-bond donors (Lipinski definition) is 1. The molecule has 112 valence electrons. The Hall–Kier alpha value is -1.23. The minimum atomic E-state index is -0.157. The predicted molar refractivity (Wildman–Crippen MR) is 85.7 cm³/mol. The highest BCUT2D eigenvalue weighted by Crippen LogP contribution is 2.38. The van der Waals surface area contributed by atoms with Gasteiger partial charge in [-0.2, -0.15) is 11.3 Å². The standard InChI is InChI=1S/C17H21FN2S/c1-12(19)17(15-4-2-3-5-16(15)18)20(14-6-7-14)10-13-8-9-21-11-13/h2-5,8-9,11-12,14,17H,6-7,10,19H2,1H3. The van der Waals surface area contributed by atoms with E-state index in [1.165, 1.54) is 24.5 Å². The van der Waals surface area contributed by atoms with Crippen LogP contribution in [-0.4, -0.2) is 17.0 Å². The molecule has 0 saturated heterocycles. The molecule has 0 bridgehead atoms. The number of rotatable bonds is 6. The summed E-state index contributed by atoms with van der Waals surface area (Å²) in [5.41, 5.74) is 8.23. The molecule has 2 nitrogen and oxygen atoms in total. The normalized spacial score (nSPS) is 17.9. The lowest BCUT2D eigenvalue weighted by molar-refractivity contribution is 0.154. The molecule has 1 heterocycles. The van der Waals surface area contributed by atoms with E-state index in [0.29, 0.717) is 6.04 Å². The Labute approximate surface area is 129 Å². The molecular weight excluding hydrogens is 283 g/mol. The minimum absolute atomic E-state index is 0.0707. The van der Waals surface area contributed by atoms with Crippen molar-refractivity contribution in [3.63, 3.8) is 0 Å². The van der Waals surface area contributed by atoms with E-state index in [0.717, 1.165) is 12.1 Å². The summed E-state index contributed by atoms with van der Waals surface area (Å²) in [7, 11) is 0. The van der Waals surface area contributed by atoms with Gasteiger partial charge in [0.15, 0.2) is 0 Å². The minimum Gasteiger partial charge on any atom is -0.326 e. The van der Waals surface area contributed by atoms with Gasteiger partial charge in [-0.25, -0.2) is 4.39 Å². The lowest BCUT2D eigenvalue weighted by Crippen LogP contribution is -2.40. The Balaban J connectivity index is 1.92. The van der Waals surface area contributed by atoms with Crippen LogP contribution in [0.25, 0.3) is 0 Å². The molecule has 0 aliphatic heterocycles. The Morgan fingerprint density at radius 2 is 2.10 bits per heavy atom. The van der Waals surface area contributed by atoms with E-state index in [1.54, 1.807) is 17.4 Å². The first-order valence-corrected chi connectivity index (χ1v) is 8.38. The fourth-order valence-corrected chi connectivity index (χ4v) is 3.59. The number of halogens is 1. The van der Waals surface area contributed by atoms with Crippen LogP contribution < -0.4 is 5.73 Å². The molecule has 0 spiro atoms. The average Bonchev–Trinajstić information content (AvgIpc) is 3.17. The highest BCUT2D eigenvalue weighted by atomic mass is 32.1. The van der Waals surface area contributed by atoms with Crippen LogP contribution >= 0.6 is 11.3 Å². The maximum atomic E-state index is 14.2. The highest BCUT2D eigenvalue weighted by molar-refractivity contribution is 7.07. The van der Waals surface area contributed by atoms with Gasteiger partial charge >= 0.3 is 0 Å². The number of nitrogens with zero attached hydrogens (tertiary/aromatic N) is 1. The summed E-state index contributed by atoms with van der Waals surface area (Å²) in [6, 6.07) is 9.51. The molecule has 2 aromatic rings. The molecule has 21 heavy (non-hydrogen) atoms. The van der Waals surface area contributed by atoms with Gasteiger partial charge in [0.2, 0.25) is 0 Å². The molecule has 1 aromatic heterocycles. The monoisotopic (exact) mass is 304 g/mol. The van der Waals surface area contributed by atoms with E-state index in [9.17, 15) is 4.39 Å². The van der Waals surface area contributed by atoms with Crippen LogP contribution in [0.15, 0.2) is 41.1 Å². The quantitative estimate of drug-likeness (QED) is 0.876. The van der Waals surface area contributed by atoms with E-state index >= 15 is 0 Å². The third kappa shape index (κ3) is 3.34. The molecule has 2 N–H and O–H groups in total. The average molecular weight is 304 g/mol. The number of thiophene rings is 1. The zero-order valence-electron chi connectivity index (χ0n) is 12.2. The fourth-order valence-electron chi connectivity index (χ4n) is 2.93. The maximum Gasteiger partial charge on any atom is 0.128 e. The molecule has 1 saturated carbocycles. The van der Waals surface area contributed by atoms with Crippen LogP contribution in [-0.2, 0) is 6.54 Å². The lowest BCUT2D eigenvalue weighted by atomic mass is 9.97. The number of hydrogen-bond acceptors (Lipinski definition) is 3. The van der Waals surface area contributed by atoms with Crippen LogP contribution in [0.2, 0.25) is 0 Å². The molecule has 2 unspecified atom stereocenters. The second-order valence-electron chi connectivity index (χ2n) is 5.86. The highest BCUT2D eigenvalue weighted by Gasteiger charge is 2.37. The Morgan fingerprint density at radius 3 is 2.67 bits per heavy atom. The van der Waals surface area contributed by atoms with Crippen molar-refractivity contribution < 1.29 is 4.39 Å². The molecule has 0 amide bonds. The van der Waals surface area contributed by atoms with Gasteiger partial charge in [-0.1, -0.05) is 18.2 Å². The Kier molecular flexibility index (Phi) is 4.38. The molecule has 1 aromatic carbocycles.